The van der Waals surface area contributed by atoms with E-state index in [2.05, 4.69) is 25.1 Å². The van der Waals surface area contributed by atoms with Gasteiger partial charge in [-0.3, -0.25) is 9.48 Å². The summed E-state index contributed by atoms with van der Waals surface area (Å²) < 4.78 is 9.46. The second kappa shape index (κ2) is 6.02. The molecule has 2 aromatic heterocycles. The molecule has 2 aliphatic rings. The number of aromatic nitrogens is 3. The molecule has 25 heavy (non-hydrogen) atoms. The molecule has 6 nitrogen and oxygen atoms in total. The third-order valence-electron chi connectivity index (χ3n) is 5.76. The normalized spacial score (nSPS) is 22.4. The van der Waals surface area contributed by atoms with E-state index in [-0.39, 0.29) is 17.4 Å². The van der Waals surface area contributed by atoms with E-state index in [0.717, 1.165) is 43.9 Å². The van der Waals surface area contributed by atoms with E-state index < -0.39 is 0 Å². The highest BCUT2D eigenvalue weighted by atomic mass is 16.5. The largest absolute Gasteiger partial charge is 0.381 e. The van der Waals surface area contributed by atoms with Crippen molar-refractivity contribution in [2.45, 2.75) is 38.8 Å². The monoisotopic (exact) mass is 342 g/mol. The van der Waals surface area contributed by atoms with Crippen LogP contribution >= 0.6 is 0 Å². The first-order valence-electron chi connectivity index (χ1n) is 9.06. The smallest absolute Gasteiger partial charge is 0.271 e. The zero-order valence-electron chi connectivity index (χ0n) is 15.2. The first-order valence-corrected chi connectivity index (χ1v) is 9.06. The number of aryl methyl sites for hydroxylation is 1. The molecule has 2 aliphatic heterocycles. The summed E-state index contributed by atoms with van der Waals surface area (Å²) in [6.07, 6.45) is 7.97. The SMILES string of the molecule is CC(C)n1cc(C2N(C(=O)c3cccn3C)CC23CCOCC3)cn1. The first kappa shape index (κ1) is 16.4. The first-order chi connectivity index (χ1) is 12.0. The minimum absolute atomic E-state index is 0.0892. The number of amides is 1. The van der Waals surface area contributed by atoms with Gasteiger partial charge in [0.15, 0.2) is 0 Å². The van der Waals surface area contributed by atoms with Gasteiger partial charge in [-0.2, -0.15) is 5.10 Å². The van der Waals surface area contributed by atoms with Crippen molar-refractivity contribution in [3.63, 3.8) is 0 Å². The van der Waals surface area contributed by atoms with Crippen molar-refractivity contribution in [3.05, 3.63) is 42.0 Å². The van der Waals surface area contributed by atoms with E-state index in [9.17, 15) is 4.79 Å². The molecule has 0 saturated carbocycles. The van der Waals surface area contributed by atoms with Gasteiger partial charge in [0.2, 0.25) is 0 Å². The lowest BCUT2D eigenvalue weighted by atomic mass is 9.64. The third kappa shape index (κ3) is 2.59. The number of hydrogen-bond acceptors (Lipinski definition) is 3. The Hall–Kier alpha value is -2.08. The number of carbonyl (C=O) groups is 1. The molecule has 2 saturated heterocycles. The summed E-state index contributed by atoms with van der Waals surface area (Å²) in [6, 6.07) is 4.22. The minimum atomic E-state index is 0.0892. The highest BCUT2D eigenvalue weighted by Crippen LogP contribution is 2.55. The van der Waals surface area contributed by atoms with Gasteiger partial charge in [-0.25, -0.2) is 0 Å². The van der Waals surface area contributed by atoms with E-state index in [4.69, 9.17) is 4.74 Å². The van der Waals surface area contributed by atoms with Crippen LogP contribution in [0.1, 0.15) is 54.8 Å². The zero-order chi connectivity index (χ0) is 17.6. The fourth-order valence-corrected chi connectivity index (χ4v) is 4.27. The Kier molecular flexibility index (Phi) is 3.95. The summed E-state index contributed by atoms with van der Waals surface area (Å²) in [5.41, 5.74) is 2.01. The molecule has 134 valence electrons. The van der Waals surface area contributed by atoms with E-state index in [0.29, 0.717) is 6.04 Å². The van der Waals surface area contributed by atoms with Crippen molar-refractivity contribution in [2.75, 3.05) is 19.8 Å². The van der Waals surface area contributed by atoms with Crippen LogP contribution in [0.3, 0.4) is 0 Å². The molecule has 2 fully saturated rings. The van der Waals surface area contributed by atoms with Crippen molar-refractivity contribution >= 4 is 5.91 Å². The standard InChI is InChI=1S/C19H26N4O2/c1-14(2)23-12-15(11-20-23)17-19(6-9-25-10-7-19)13-22(17)18(24)16-5-4-8-21(16)3/h4-5,8,11-12,14,17H,6-7,9-10,13H2,1-3H3. The van der Waals surface area contributed by atoms with E-state index in [1.54, 1.807) is 0 Å². The van der Waals surface area contributed by atoms with Crippen LogP contribution in [0.5, 0.6) is 0 Å². The Bertz CT molecular complexity index is 770. The molecule has 1 spiro atoms. The van der Waals surface area contributed by atoms with Crippen LogP contribution < -0.4 is 0 Å². The second-order valence-electron chi connectivity index (χ2n) is 7.66. The quantitative estimate of drug-likeness (QED) is 0.862. The molecule has 0 N–H and O–H groups in total. The lowest BCUT2D eigenvalue weighted by Crippen LogP contribution is -2.62. The van der Waals surface area contributed by atoms with Gasteiger partial charge in [0, 0.05) is 56.2 Å². The third-order valence-corrected chi connectivity index (χ3v) is 5.76. The predicted octanol–water partition coefficient (Wildman–Crippen LogP) is 2.80. The van der Waals surface area contributed by atoms with Crippen molar-refractivity contribution in [1.82, 2.24) is 19.2 Å². The van der Waals surface area contributed by atoms with Gasteiger partial charge in [-0.1, -0.05) is 0 Å². The number of ether oxygens (including phenoxy) is 1. The molecule has 6 heteroatoms. The zero-order valence-corrected chi connectivity index (χ0v) is 15.2. The molecule has 2 aromatic rings. The van der Waals surface area contributed by atoms with Gasteiger partial charge in [0.25, 0.3) is 5.91 Å². The topological polar surface area (TPSA) is 52.3 Å². The Labute approximate surface area is 148 Å². The van der Waals surface area contributed by atoms with Crippen molar-refractivity contribution in [2.24, 2.45) is 12.5 Å². The summed E-state index contributed by atoms with van der Waals surface area (Å²) in [6.45, 7) is 6.60. The molecule has 0 aromatic carbocycles. The van der Waals surface area contributed by atoms with Crippen LogP contribution in [0.15, 0.2) is 30.7 Å². The Balaban J connectivity index is 1.67. The number of carbonyl (C=O) groups excluding carboxylic acids is 1. The van der Waals surface area contributed by atoms with Gasteiger partial charge in [0.05, 0.1) is 12.2 Å². The van der Waals surface area contributed by atoms with Crippen molar-refractivity contribution in [1.29, 1.82) is 0 Å². The summed E-state index contributed by atoms with van der Waals surface area (Å²) in [4.78, 5) is 15.1. The van der Waals surface area contributed by atoms with E-state index in [1.165, 1.54) is 0 Å². The fourth-order valence-electron chi connectivity index (χ4n) is 4.27. The van der Waals surface area contributed by atoms with Crippen LogP contribution in [0.4, 0.5) is 0 Å². The maximum atomic E-state index is 13.1. The summed E-state index contributed by atoms with van der Waals surface area (Å²) in [5.74, 6) is 0.104. The maximum Gasteiger partial charge on any atom is 0.271 e. The second-order valence-corrected chi connectivity index (χ2v) is 7.66. The average molecular weight is 342 g/mol. The molecule has 0 radical (unpaired) electrons. The van der Waals surface area contributed by atoms with Crippen LogP contribution in [0.25, 0.3) is 0 Å². The number of likely N-dealkylation sites (tertiary alicyclic amines) is 1. The molecule has 4 heterocycles. The molecule has 1 unspecified atom stereocenters. The Morgan fingerprint density at radius 2 is 2.12 bits per heavy atom. The van der Waals surface area contributed by atoms with Crippen molar-refractivity contribution in [3.8, 4) is 0 Å². The summed E-state index contributed by atoms with van der Waals surface area (Å²) in [7, 11) is 1.92. The van der Waals surface area contributed by atoms with Gasteiger partial charge in [0.1, 0.15) is 5.69 Å². The van der Waals surface area contributed by atoms with Crippen LogP contribution in [-0.4, -0.2) is 44.9 Å². The van der Waals surface area contributed by atoms with Crippen LogP contribution in [0, 0.1) is 5.41 Å². The molecule has 4 rings (SSSR count). The lowest BCUT2D eigenvalue weighted by Gasteiger charge is -2.58. The molecule has 1 atom stereocenters. The van der Waals surface area contributed by atoms with Crippen LogP contribution in [0.2, 0.25) is 0 Å². The number of hydrogen-bond donors (Lipinski definition) is 0. The molecule has 0 aliphatic carbocycles. The van der Waals surface area contributed by atoms with Gasteiger partial charge in [-0.15, -0.1) is 0 Å². The average Bonchev–Trinajstić information content (AvgIpc) is 3.22. The number of nitrogens with zero attached hydrogens (tertiary/aromatic N) is 4. The molecular formula is C19H26N4O2. The number of rotatable bonds is 3. The highest BCUT2D eigenvalue weighted by molar-refractivity contribution is 5.93. The molecule has 0 bridgehead atoms. The van der Waals surface area contributed by atoms with E-state index in [1.807, 2.05) is 45.7 Å². The lowest BCUT2D eigenvalue weighted by molar-refractivity contribution is -0.115. The maximum absolute atomic E-state index is 13.1. The molecule has 1 amide bonds. The summed E-state index contributed by atoms with van der Waals surface area (Å²) >= 11 is 0. The van der Waals surface area contributed by atoms with Gasteiger partial charge >= 0.3 is 0 Å². The summed E-state index contributed by atoms with van der Waals surface area (Å²) in [5, 5.41) is 4.51. The predicted molar refractivity (Wildman–Crippen MR) is 94.3 cm³/mol. The van der Waals surface area contributed by atoms with E-state index >= 15 is 0 Å². The Morgan fingerprint density at radius 1 is 1.36 bits per heavy atom. The van der Waals surface area contributed by atoms with Gasteiger partial charge < -0.3 is 14.2 Å². The van der Waals surface area contributed by atoms with Crippen LogP contribution in [-0.2, 0) is 11.8 Å². The Morgan fingerprint density at radius 3 is 2.72 bits per heavy atom. The highest BCUT2D eigenvalue weighted by Gasteiger charge is 2.56. The van der Waals surface area contributed by atoms with Crippen molar-refractivity contribution < 1.29 is 9.53 Å². The van der Waals surface area contributed by atoms with Gasteiger partial charge in [-0.05, 0) is 38.8 Å². The molecular weight excluding hydrogens is 316 g/mol. The fraction of sp³-hybridized carbons (Fsp3) is 0.579. The minimum Gasteiger partial charge on any atom is -0.381 e.